The monoisotopic (exact) mass is 319 g/mol. The zero-order valence-electron chi connectivity index (χ0n) is 13.7. The van der Waals surface area contributed by atoms with Crippen molar-refractivity contribution in [1.29, 1.82) is 0 Å². The Morgan fingerprint density at radius 3 is 2.25 bits per heavy atom. The van der Waals surface area contributed by atoms with Gasteiger partial charge in [-0.15, -0.1) is 0 Å². The molecule has 122 valence electrons. The van der Waals surface area contributed by atoms with E-state index in [-0.39, 0.29) is 0 Å². The molecule has 0 fully saturated rings. The average Bonchev–Trinajstić information content (AvgIpc) is 2.67. The minimum atomic E-state index is 0.491. The Labute approximate surface area is 142 Å². The first-order valence-corrected chi connectivity index (χ1v) is 7.94. The SMILES string of the molecule is COc1ccc(-c2ccc(CN)cc2OCc2ccccc2)cc1. The highest BCUT2D eigenvalue weighted by molar-refractivity contribution is 5.71. The third-order valence-electron chi connectivity index (χ3n) is 3.92. The van der Waals surface area contributed by atoms with Gasteiger partial charge in [-0.1, -0.05) is 54.6 Å². The second kappa shape index (κ2) is 7.66. The minimum absolute atomic E-state index is 0.491. The van der Waals surface area contributed by atoms with Crippen molar-refractivity contribution in [3.05, 3.63) is 83.9 Å². The van der Waals surface area contributed by atoms with Gasteiger partial charge in [-0.3, -0.25) is 0 Å². The van der Waals surface area contributed by atoms with Crippen molar-refractivity contribution in [3.8, 4) is 22.6 Å². The number of rotatable bonds is 6. The normalized spacial score (nSPS) is 10.4. The molecule has 0 aliphatic carbocycles. The van der Waals surface area contributed by atoms with E-state index >= 15 is 0 Å². The van der Waals surface area contributed by atoms with E-state index in [1.54, 1.807) is 7.11 Å². The summed E-state index contributed by atoms with van der Waals surface area (Å²) in [4.78, 5) is 0. The van der Waals surface area contributed by atoms with Crippen LogP contribution in [0, 0.1) is 0 Å². The molecular formula is C21H21NO2. The Hall–Kier alpha value is -2.78. The van der Waals surface area contributed by atoms with Crippen LogP contribution >= 0.6 is 0 Å². The van der Waals surface area contributed by atoms with E-state index in [1.807, 2.05) is 54.6 Å². The lowest BCUT2D eigenvalue weighted by Gasteiger charge is -2.14. The van der Waals surface area contributed by atoms with Gasteiger partial charge in [-0.25, -0.2) is 0 Å². The number of hydrogen-bond acceptors (Lipinski definition) is 3. The van der Waals surface area contributed by atoms with Gasteiger partial charge in [0.05, 0.1) is 7.11 Å². The van der Waals surface area contributed by atoms with E-state index in [2.05, 4.69) is 18.2 Å². The van der Waals surface area contributed by atoms with E-state index in [4.69, 9.17) is 15.2 Å². The van der Waals surface area contributed by atoms with E-state index in [9.17, 15) is 0 Å². The Bertz CT molecular complexity index is 783. The number of benzene rings is 3. The molecule has 3 rings (SSSR count). The second-order valence-electron chi connectivity index (χ2n) is 5.54. The predicted molar refractivity (Wildman–Crippen MR) is 97.1 cm³/mol. The van der Waals surface area contributed by atoms with Gasteiger partial charge >= 0.3 is 0 Å². The van der Waals surface area contributed by atoms with Crippen molar-refractivity contribution in [2.75, 3.05) is 7.11 Å². The standard InChI is InChI=1S/C21H21NO2/c1-23-19-10-8-18(9-11-19)20-12-7-17(14-22)13-21(20)24-15-16-5-3-2-4-6-16/h2-13H,14-15,22H2,1H3. The highest BCUT2D eigenvalue weighted by Gasteiger charge is 2.08. The fourth-order valence-corrected chi connectivity index (χ4v) is 2.56. The molecule has 0 heterocycles. The van der Waals surface area contributed by atoms with Crippen molar-refractivity contribution in [2.24, 2.45) is 5.73 Å². The molecule has 0 atom stereocenters. The molecule has 24 heavy (non-hydrogen) atoms. The first kappa shape index (κ1) is 16.1. The maximum Gasteiger partial charge on any atom is 0.127 e. The van der Waals surface area contributed by atoms with Crippen LogP contribution in [0.4, 0.5) is 0 Å². The summed E-state index contributed by atoms with van der Waals surface area (Å²) in [7, 11) is 1.67. The van der Waals surface area contributed by atoms with Crippen LogP contribution in [0.3, 0.4) is 0 Å². The molecule has 0 saturated heterocycles. The van der Waals surface area contributed by atoms with Crippen LogP contribution in [-0.2, 0) is 13.2 Å². The lowest BCUT2D eigenvalue weighted by molar-refractivity contribution is 0.307. The molecule has 3 aromatic carbocycles. The van der Waals surface area contributed by atoms with E-state index in [0.717, 1.165) is 33.8 Å². The Balaban J connectivity index is 1.90. The molecule has 0 bridgehead atoms. The molecule has 3 aromatic rings. The van der Waals surface area contributed by atoms with Gasteiger partial charge in [-0.05, 0) is 34.9 Å². The lowest BCUT2D eigenvalue weighted by Crippen LogP contribution is -2.00. The first-order chi connectivity index (χ1) is 11.8. The van der Waals surface area contributed by atoms with Crippen molar-refractivity contribution in [3.63, 3.8) is 0 Å². The van der Waals surface area contributed by atoms with Crippen molar-refractivity contribution >= 4 is 0 Å². The van der Waals surface area contributed by atoms with Crippen LogP contribution in [0.1, 0.15) is 11.1 Å². The van der Waals surface area contributed by atoms with Gasteiger partial charge in [-0.2, -0.15) is 0 Å². The summed E-state index contributed by atoms with van der Waals surface area (Å²) in [5, 5.41) is 0. The summed E-state index contributed by atoms with van der Waals surface area (Å²) < 4.78 is 11.3. The van der Waals surface area contributed by atoms with Crippen LogP contribution in [-0.4, -0.2) is 7.11 Å². The molecule has 0 aromatic heterocycles. The molecule has 0 aliphatic rings. The minimum Gasteiger partial charge on any atom is -0.497 e. The summed E-state index contributed by atoms with van der Waals surface area (Å²) >= 11 is 0. The summed E-state index contributed by atoms with van der Waals surface area (Å²) in [5.74, 6) is 1.68. The summed E-state index contributed by atoms with van der Waals surface area (Å²) in [6, 6.07) is 24.2. The number of hydrogen-bond donors (Lipinski definition) is 1. The molecule has 0 amide bonds. The van der Waals surface area contributed by atoms with Crippen LogP contribution in [0.5, 0.6) is 11.5 Å². The molecule has 2 N–H and O–H groups in total. The van der Waals surface area contributed by atoms with Crippen LogP contribution < -0.4 is 15.2 Å². The Kier molecular flexibility index (Phi) is 5.14. The highest BCUT2D eigenvalue weighted by Crippen LogP contribution is 2.32. The van der Waals surface area contributed by atoms with Gasteiger partial charge in [0.1, 0.15) is 18.1 Å². The molecule has 3 heteroatoms. The molecule has 0 saturated carbocycles. The maximum absolute atomic E-state index is 6.09. The quantitative estimate of drug-likeness (QED) is 0.732. The smallest absolute Gasteiger partial charge is 0.127 e. The molecule has 0 radical (unpaired) electrons. The fourth-order valence-electron chi connectivity index (χ4n) is 2.56. The van der Waals surface area contributed by atoms with Crippen LogP contribution in [0.2, 0.25) is 0 Å². The van der Waals surface area contributed by atoms with Gasteiger partial charge < -0.3 is 15.2 Å². The van der Waals surface area contributed by atoms with Crippen molar-refractivity contribution in [1.82, 2.24) is 0 Å². The Morgan fingerprint density at radius 1 is 0.833 bits per heavy atom. The van der Waals surface area contributed by atoms with Crippen LogP contribution in [0.25, 0.3) is 11.1 Å². The van der Waals surface area contributed by atoms with Gasteiger partial charge in [0.25, 0.3) is 0 Å². The zero-order chi connectivity index (χ0) is 16.8. The molecule has 0 aliphatic heterocycles. The molecule has 0 unspecified atom stereocenters. The van der Waals surface area contributed by atoms with E-state index < -0.39 is 0 Å². The summed E-state index contributed by atoms with van der Waals surface area (Å²) in [6.07, 6.45) is 0. The fraction of sp³-hybridized carbons (Fsp3) is 0.143. The second-order valence-corrected chi connectivity index (χ2v) is 5.54. The third-order valence-corrected chi connectivity index (χ3v) is 3.92. The maximum atomic E-state index is 6.09. The molecular weight excluding hydrogens is 298 g/mol. The lowest BCUT2D eigenvalue weighted by atomic mass is 10.0. The third kappa shape index (κ3) is 3.76. The number of nitrogens with two attached hydrogens (primary N) is 1. The first-order valence-electron chi connectivity index (χ1n) is 7.94. The Morgan fingerprint density at radius 2 is 1.58 bits per heavy atom. The number of methoxy groups -OCH3 is 1. The van der Waals surface area contributed by atoms with E-state index in [1.165, 1.54) is 0 Å². The topological polar surface area (TPSA) is 44.5 Å². The largest absolute Gasteiger partial charge is 0.497 e. The predicted octanol–water partition coefficient (Wildman–Crippen LogP) is 4.40. The summed E-state index contributed by atoms with van der Waals surface area (Å²) in [6.45, 7) is 1.02. The van der Waals surface area contributed by atoms with Crippen molar-refractivity contribution < 1.29 is 9.47 Å². The molecule has 0 spiro atoms. The zero-order valence-corrected chi connectivity index (χ0v) is 13.7. The summed E-state index contributed by atoms with van der Waals surface area (Å²) in [5.41, 5.74) is 10.1. The van der Waals surface area contributed by atoms with Gasteiger partial charge in [0, 0.05) is 12.1 Å². The van der Waals surface area contributed by atoms with Crippen LogP contribution in [0.15, 0.2) is 72.8 Å². The van der Waals surface area contributed by atoms with Gasteiger partial charge in [0.2, 0.25) is 0 Å². The van der Waals surface area contributed by atoms with Gasteiger partial charge in [0.15, 0.2) is 0 Å². The van der Waals surface area contributed by atoms with Crippen molar-refractivity contribution in [2.45, 2.75) is 13.2 Å². The number of ether oxygens (including phenoxy) is 2. The average molecular weight is 319 g/mol. The molecule has 3 nitrogen and oxygen atoms in total. The van der Waals surface area contributed by atoms with E-state index in [0.29, 0.717) is 13.2 Å². The highest BCUT2D eigenvalue weighted by atomic mass is 16.5.